The molecule has 4 heterocycles. The lowest BCUT2D eigenvalue weighted by molar-refractivity contribution is -0.146. The van der Waals surface area contributed by atoms with Crippen LogP contribution in [0.3, 0.4) is 0 Å². The van der Waals surface area contributed by atoms with Gasteiger partial charge in [-0.15, -0.1) is 0 Å². The zero-order valence-corrected chi connectivity index (χ0v) is 23.3. The Morgan fingerprint density at radius 2 is 1.65 bits per heavy atom. The summed E-state index contributed by atoms with van der Waals surface area (Å²) in [5, 5.41) is 10.4. The number of rotatable bonds is 5. The van der Waals surface area contributed by atoms with Gasteiger partial charge in [0, 0.05) is 25.3 Å². The second-order valence-corrected chi connectivity index (χ2v) is 11.2. The Balaban J connectivity index is 1.51. The number of aliphatic hydroxyl groups is 1. The van der Waals surface area contributed by atoms with Gasteiger partial charge in [-0.05, 0) is 37.1 Å². The van der Waals surface area contributed by atoms with Gasteiger partial charge in [-0.2, -0.15) is 0 Å². The SMILES string of the molecule is CC[C@@]12C=CCN(c3ccccc3)C(=O)[C@@H]1[C@H]1C(=O)N(CCO)C3C(=O)N(c4c(C)cccc4Cl)CC=C[C@@]31O2. The Morgan fingerprint density at radius 1 is 0.925 bits per heavy atom. The Bertz CT molecular complexity index is 1410. The van der Waals surface area contributed by atoms with Gasteiger partial charge in [0.2, 0.25) is 11.8 Å². The minimum absolute atomic E-state index is 0.0572. The maximum absolute atomic E-state index is 14.5. The number of hydrogen-bond acceptors (Lipinski definition) is 5. The third-order valence-electron chi connectivity index (χ3n) is 8.81. The molecule has 4 aliphatic rings. The number of ether oxygens (including phenoxy) is 1. The Morgan fingerprint density at radius 3 is 2.35 bits per heavy atom. The number of halogens is 1. The molecule has 0 aromatic heterocycles. The van der Waals surface area contributed by atoms with Gasteiger partial charge in [0.05, 0.1) is 34.8 Å². The third-order valence-corrected chi connectivity index (χ3v) is 9.11. The van der Waals surface area contributed by atoms with Crippen LogP contribution in [0.2, 0.25) is 5.02 Å². The lowest BCUT2D eigenvalue weighted by Gasteiger charge is -2.38. The summed E-state index contributed by atoms with van der Waals surface area (Å²) in [6, 6.07) is 13.7. The van der Waals surface area contributed by atoms with Gasteiger partial charge in [0.25, 0.3) is 5.91 Å². The summed E-state index contributed by atoms with van der Waals surface area (Å²) in [4.78, 5) is 47.9. The molecule has 1 unspecified atom stereocenters. The third kappa shape index (κ3) is 3.70. The maximum Gasteiger partial charge on any atom is 0.253 e. The number of β-amino-alcohol motifs (C(OH)–C–C–N with tert-alkyl or cyclic N) is 1. The van der Waals surface area contributed by atoms with Crippen molar-refractivity contribution in [3.05, 3.63) is 83.4 Å². The highest BCUT2D eigenvalue weighted by Crippen LogP contribution is 2.58. The molecular formula is C31H32ClN3O5. The minimum atomic E-state index is -1.40. The number of amides is 3. The first-order valence-corrected chi connectivity index (χ1v) is 14.1. The van der Waals surface area contributed by atoms with Gasteiger partial charge >= 0.3 is 0 Å². The molecule has 1 spiro atoms. The van der Waals surface area contributed by atoms with Crippen molar-refractivity contribution in [1.29, 1.82) is 0 Å². The molecule has 6 rings (SSSR count). The number of para-hydroxylation sites is 2. The zero-order valence-electron chi connectivity index (χ0n) is 22.5. The summed E-state index contributed by atoms with van der Waals surface area (Å²) in [6.45, 7) is 4.00. The molecule has 2 fully saturated rings. The monoisotopic (exact) mass is 561 g/mol. The normalized spacial score (nSPS) is 31.2. The lowest BCUT2D eigenvalue weighted by Crippen LogP contribution is -2.56. The topological polar surface area (TPSA) is 90.4 Å². The number of likely N-dealkylation sites (tertiary alicyclic amines) is 1. The van der Waals surface area contributed by atoms with Crippen LogP contribution in [-0.4, -0.2) is 71.2 Å². The first kappa shape index (κ1) is 26.7. The summed E-state index contributed by atoms with van der Waals surface area (Å²) in [6.07, 6.45) is 7.91. The highest BCUT2D eigenvalue weighted by Gasteiger charge is 2.75. The molecule has 1 N–H and O–H groups in total. The van der Waals surface area contributed by atoms with E-state index in [0.717, 1.165) is 11.3 Å². The average Bonchev–Trinajstić information content (AvgIpc) is 3.23. The van der Waals surface area contributed by atoms with E-state index in [1.807, 2.05) is 80.6 Å². The molecule has 2 saturated heterocycles. The predicted octanol–water partition coefficient (Wildman–Crippen LogP) is 3.51. The van der Waals surface area contributed by atoms with Crippen molar-refractivity contribution in [2.24, 2.45) is 11.8 Å². The van der Waals surface area contributed by atoms with E-state index in [2.05, 4.69) is 0 Å². The van der Waals surface area contributed by atoms with E-state index in [4.69, 9.17) is 16.3 Å². The number of aryl methyl sites for hydroxylation is 1. The molecule has 0 radical (unpaired) electrons. The highest BCUT2D eigenvalue weighted by atomic mass is 35.5. The van der Waals surface area contributed by atoms with Crippen LogP contribution in [0.15, 0.2) is 72.8 Å². The van der Waals surface area contributed by atoms with Crippen molar-refractivity contribution < 1.29 is 24.2 Å². The number of benzene rings is 2. The number of carbonyl (C=O) groups excluding carboxylic acids is 3. The maximum atomic E-state index is 14.5. The largest absolute Gasteiger partial charge is 0.395 e. The van der Waals surface area contributed by atoms with Crippen molar-refractivity contribution in [3.63, 3.8) is 0 Å². The summed E-state index contributed by atoms with van der Waals surface area (Å²) in [5.41, 5.74) is -0.358. The average molecular weight is 562 g/mol. The molecule has 8 nitrogen and oxygen atoms in total. The van der Waals surface area contributed by atoms with E-state index in [1.165, 1.54) is 4.90 Å². The lowest BCUT2D eigenvalue weighted by atomic mass is 9.73. The molecule has 5 atom stereocenters. The van der Waals surface area contributed by atoms with E-state index in [0.29, 0.717) is 23.7 Å². The van der Waals surface area contributed by atoms with Crippen molar-refractivity contribution in [2.45, 2.75) is 37.5 Å². The Labute approximate surface area is 238 Å². The van der Waals surface area contributed by atoms with E-state index < -0.39 is 29.1 Å². The van der Waals surface area contributed by atoms with Gasteiger partial charge in [-0.3, -0.25) is 14.4 Å². The second-order valence-electron chi connectivity index (χ2n) is 10.8. The van der Waals surface area contributed by atoms with Crippen LogP contribution in [-0.2, 0) is 19.1 Å². The standard InChI is InChI=1S/C31H32ClN3O5/c1-3-30-14-8-16-33(21-11-5-4-6-12-21)27(37)23(30)24-28(38)35(18-19-36)26-29(39)34(17-9-15-31(24,26)40-30)25-20(2)10-7-13-22(25)32/h4-15,23-24,26,36H,3,16-19H2,1-2H3/t23-,24-,26?,30+,31-/m0/s1. The molecule has 2 aromatic rings. The Hall–Kier alpha value is -3.46. The molecule has 0 bridgehead atoms. The Kier molecular flexibility index (Phi) is 6.60. The molecule has 40 heavy (non-hydrogen) atoms. The van der Waals surface area contributed by atoms with Crippen molar-refractivity contribution >= 4 is 40.7 Å². The van der Waals surface area contributed by atoms with Gasteiger partial charge in [0.1, 0.15) is 11.6 Å². The minimum Gasteiger partial charge on any atom is -0.395 e. The van der Waals surface area contributed by atoms with Crippen molar-refractivity contribution in [1.82, 2.24) is 4.90 Å². The fourth-order valence-electron chi connectivity index (χ4n) is 7.11. The predicted molar refractivity (Wildman–Crippen MR) is 152 cm³/mol. The summed E-state index contributed by atoms with van der Waals surface area (Å²) < 4.78 is 6.95. The van der Waals surface area contributed by atoms with Crippen LogP contribution in [0.4, 0.5) is 11.4 Å². The molecule has 9 heteroatoms. The van der Waals surface area contributed by atoms with Crippen LogP contribution in [0.5, 0.6) is 0 Å². The van der Waals surface area contributed by atoms with Gasteiger partial charge in [0.15, 0.2) is 0 Å². The highest BCUT2D eigenvalue weighted by molar-refractivity contribution is 6.34. The van der Waals surface area contributed by atoms with E-state index in [-0.39, 0.29) is 37.4 Å². The van der Waals surface area contributed by atoms with E-state index in [9.17, 15) is 19.5 Å². The molecule has 4 aliphatic heterocycles. The smallest absolute Gasteiger partial charge is 0.253 e. The number of fused-ring (bicyclic) bond motifs is 2. The summed E-state index contributed by atoms with van der Waals surface area (Å²) >= 11 is 6.59. The number of carbonyl (C=O) groups is 3. The number of anilines is 2. The number of nitrogens with zero attached hydrogens (tertiary/aromatic N) is 3. The quantitative estimate of drug-likeness (QED) is 0.564. The van der Waals surface area contributed by atoms with Gasteiger partial charge in [-0.25, -0.2) is 0 Å². The molecule has 0 aliphatic carbocycles. The first-order valence-electron chi connectivity index (χ1n) is 13.7. The number of hydrogen-bond donors (Lipinski definition) is 1. The van der Waals surface area contributed by atoms with Crippen molar-refractivity contribution in [3.8, 4) is 0 Å². The molecule has 2 aromatic carbocycles. The molecular weight excluding hydrogens is 530 g/mol. The molecule has 208 valence electrons. The van der Waals surface area contributed by atoms with Crippen LogP contribution in [0, 0.1) is 18.8 Å². The summed E-state index contributed by atoms with van der Waals surface area (Å²) in [7, 11) is 0. The van der Waals surface area contributed by atoms with Crippen molar-refractivity contribution in [2.75, 3.05) is 36.0 Å². The first-order chi connectivity index (χ1) is 19.3. The molecule has 0 saturated carbocycles. The van der Waals surface area contributed by atoms with Crippen LogP contribution < -0.4 is 9.80 Å². The fraction of sp³-hybridized carbons (Fsp3) is 0.387. The van der Waals surface area contributed by atoms with Gasteiger partial charge < -0.3 is 24.5 Å². The molecule has 3 amide bonds. The van der Waals surface area contributed by atoms with Crippen LogP contribution in [0.25, 0.3) is 0 Å². The second kappa shape index (κ2) is 9.87. The van der Waals surface area contributed by atoms with E-state index >= 15 is 0 Å². The fourth-order valence-corrected chi connectivity index (χ4v) is 7.44. The van der Waals surface area contributed by atoms with Crippen LogP contribution >= 0.6 is 11.6 Å². The van der Waals surface area contributed by atoms with Crippen LogP contribution in [0.1, 0.15) is 18.9 Å². The van der Waals surface area contributed by atoms with Gasteiger partial charge in [-0.1, -0.05) is 73.2 Å². The summed E-state index contributed by atoms with van der Waals surface area (Å²) in [5.74, 6) is -2.75. The van der Waals surface area contributed by atoms with E-state index in [1.54, 1.807) is 15.9 Å². The number of aliphatic hydroxyl groups excluding tert-OH is 1. The zero-order chi connectivity index (χ0) is 28.2.